The predicted octanol–water partition coefficient (Wildman–Crippen LogP) is 4.90. The summed E-state index contributed by atoms with van der Waals surface area (Å²) in [6, 6.07) is 15.7. The number of carbonyl (C=O) groups excluding carboxylic acids is 3. The number of rotatable bonds is 8. The van der Waals surface area contributed by atoms with Crippen molar-refractivity contribution in [2.45, 2.75) is 25.7 Å². The molecule has 2 N–H and O–H groups in total. The molecule has 0 saturated heterocycles. The van der Waals surface area contributed by atoms with E-state index in [9.17, 15) is 37.8 Å². The molecule has 0 saturated carbocycles. The molecule has 0 spiro atoms. The normalized spacial score (nSPS) is 12.5. The highest BCUT2D eigenvalue weighted by Gasteiger charge is 2.35. The maximum atomic E-state index is 13.0. The number of alkyl halides is 3. The minimum atomic E-state index is -4.74. The number of esters is 1. The van der Waals surface area contributed by atoms with E-state index in [-0.39, 0.29) is 45.9 Å². The van der Waals surface area contributed by atoms with Crippen molar-refractivity contribution in [2.75, 3.05) is 6.61 Å². The van der Waals surface area contributed by atoms with Crippen LogP contribution in [0.25, 0.3) is 0 Å². The van der Waals surface area contributed by atoms with Gasteiger partial charge in [0, 0.05) is 28.8 Å². The molecule has 0 amide bonds. The summed E-state index contributed by atoms with van der Waals surface area (Å²) in [4.78, 5) is 38.5. The first kappa shape index (κ1) is 28.3. The van der Waals surface area contributed by atoms with Gasteiger partial charge < -0.3 is 19.7 Å². The van der Waals surface area contributed by atoms with Crippen molar-refractivity contribution in [2.24, 2.45) is 0 Å². The summed E-state index contributed by atoms with van der Waals surface area (Å²) >= 11 is 0. The molecule has 214 valence electrons. The lowest BCUT2D eigenvalue weighted by Gasteiger charge is -2.19. The van der Waals surface area contributed by atoms with Gasteiger partial charge in [-0.1, -0.05) is 12.1 Å². The Labute approximate surface area is 237 Å². The number of phenols is 2. The number of halogens is 3. The number of hydrogen-bond donors (Lipinski definition) is 2. The van der Waals surface area contributed by atoms with Gasteiger partial charge in [0.25, 0.3) is 0 Å². The number of carbonyl (C=O) groups is 3. The summed E-state index contributed by atoms with van der Waals surface area (Å²) in [5, 5.41) is 20.5. The van der Waals surface area contributed by atoms with Gasteiger partial charge in [-0.15, -0.1) is 13.2 Å². The van der Waals surface area contributed by atoms with Gasteiger partial charge in [0.15, 0.2) is 24.7 Å². The zero-order valence-electron chi connectivity index (χ0n) is 21.9. The number of aryl methyl sites for hydroxylation is 1. The molecule has 1 heterocycles. The maximum Gasteiger partial charge on any atom is 0.573 e. The molecule has 0 fully saturated rings. The van der Waals surface area contributed by atoms with Gasteiger partial charge in [0.1, 0.15) is 17.2 Å². The molecule has 0 radical (unpaired) electrons. The highest BCUT2D eigenvalue weighted by molar-refractivity contribution is 6.30. The Morgan fingerprint density at radius 3 is 2.19 bits per heavy atom. The van der Waals surface area contributed by atoms with E-state index in [1.807, 2.05) is 29.1 Å². The van der Waals surface area contributed by atoms with E-state index < -0.39 is 29.6 Å². The summed E-state index contributed by atoms with van der Waals surface area (Å²) in [5.74, 6) is -3.31. The molecule has 8 nitrogen and oxygen atoms in total. The minimum Gasteiger partial charge on any atom is -0.507 e. The van der Waals surface area contributed by atoms with Crippen molar-refractivity contribution in [3.8, 4) is 17.2 Å². The fraction of sp³-hybridized carbons (Fsp3) is 0.161. The number of fused-ring (bicyclic) bond motifs is 2. The summed E-state index contributed by atoms with van der Waals surface area (Å²) in [6.07, 6.45) is -0.0187. The Morgan fingerprint density at radius 2 is 1.50 bits per heavy atom. The maximum absolute atomic E-state index is 13.0. The summed E-state index contributed by atoms with van der Waals surface area (Å²) in [5.41, 5.74) is 1.03. The van der Waals surface area contributed by atoms with Crippen molar-refractivity contribution < 1.29 is 51.8 Å². The van der Waals surface area contributed by atoms with Crippen LogP contribution in [0.5, 0.6) is 17.2 Å². The van der Waals surface area contributed by atoms with Crippen LogP contribution in [0.4, 0.5) is 13.2 Å². The van der Waals surface area contributed by atoms with Crippen LogP contribution < -0.4 is 9.30 Å². The number of ether oxygens (including phenoxy) is 2. The molecule has 3 aromatic carbocycles. The number of benzene rings is 3. The Bertz CT molecular complexity index is 1680. The average molecular weight is 579 g/mol. The number of nitrogens with zero attached hydrogens (tertiary/aromatic N) is 1. The number of ketones is 2. The third-order valence-corrected chi connectivity index (χ3v) is 6.66. The number of aromatic nitrogens is 1. The molecular formula is C31H23F3NO7+. The fourth-order valence-corrected chi connectivity index (χ4v) is 4.69. The largest absolute Gasteiger partial charge is 0.573 e. The molecule has 0 aliphatic heterocycles. The highest BCUT2D eigenvalue weighted by atomic mass is 19.4. The Balaban J connectivity index is 1.14. The zero-order chi connectivity index (χ0) is 30.0. The average Bonchev–Trinajstić information content (AvgIpc) is 2.94. The van der Waals surface area contributed by atoms with Crippen LogP contribution in [-0.2, 0) is 17.7 Å². The highest BCUT2D eigenvalue weighted by Crippen LogP contribution is 2.37. The number of pyridine rings is 1. The molecule has 1 aliphatic rings. The Morgan fingerprint density at radius 1 is 0.810 bits per heavy atom. The van der Waals surface area contributed by atoms with Crippen molar-refractivity contribution in [3.05, 3.63) is 118 Å². The van der Waals surface area contributed by atoms with E-state index in [0.29, 0.717) is 19.4 Å². The van der Waals surface area contributed by atoms with Gasteiger partial charge in [0.2, 0.25) is 5.78 Å². The van der Waals surface area contributed by atoms with Crippen molar-refractivity contribution in [1.29, 1.82) is 0 Å². The van der Waals surface area contributed by atoms with Crippen molar-refractivity contribution in [3.63, 3.8) is 0 Å². The minimum absolute atomic E-state index is 0.0185. The monoisotopic (exact) mass is 578 g/mol. The third kappa shape index (κ3) is 6.09. The Hall–Kier alpha value is -5.19. The number of hydrogen-bond acceptors (Lipinski definition) is 7. The summed E-state index contributed by atoms with van der Waals surface area (Å²) in [6.45, 7) is 0.500. The second-order valence-electron chi connectivity index (χ2n) is 9.59. The van der Waals surface area contributed by atoms with E-state index >= 15 is 0 Å². The van der Waals surface area contributed by atoms with E-state index in [1.165, 1.54) is 36.4 Å². The van der Waals surface area contributed by atoms with Crippen molar-refractivity contribution >= 4 is 17.5 Å². The Kier molecular flexibility index (Phi) is 7.66. The summed E-state index contributed by atoms with van der Waals surface area (Å²) < 4.78 is 48.0. The summed E-state index contributed by atoms with van der Waals surface area (Å²) in [7, 11) is 0. The lowest BCUT2D eigenvalue weighted by atomic mass is 9.82. The molecule has 1 aromatic heterocycles. The van der Waals surface area contributed by atoms with E-state index in [4.69, 9.17) is 4.74 Å². The topological polar surface area (TPSA) is 114 Å². The SMILES string of the molecule is O=C(OCCCc1cc[n+](Cc2ccc(OC(F)(F)F)cc2)cc1)c1cc(O)c2c(c1)C(=O)c1cccc(O)c1C2=O. The molecule has 0 unspecified atom stereocenters. The molecule has 11 heteroatoms. The van der Waals surface area contributed by atoms with Gasteiger partial charge in [-0.05, 0) is 60.9 Å². The number of phenolic OH excluding ortho intramolecular Hbond substituents is 2. The van der Waals surface area contributed by atoms with Gasteiger partial charge in [-0.2, -0.15) is 0 Å². The van der Waals surface area contributed by atoms with E-state index in [0.717, 1.165) is 17.2 Å². The molecule has 0 bridgehead atoms. The molecular weight excluding hydrogens is 555 g/mol. The van der Waals surface area contributed by atoms with E-state index in [2.05, 4.69) is 4.74 Å². The second-order valence-corrected chi connectivity index (χ2v) is 9.59. The first-order valence-corrected chi connectivity index (χ1v) is 12.8. The smallest absolute Gasteiger partial charge is 0.507 e. The van der Waals surface area contributed by atoms with Crippen LogP contribution in [-0.4, -0.2) is 40.7 Å². The molecule has 42 heavy (non-hydrogen) atoms. The molecule has 5 rings (SSSR count). The van der Waals surface area contributed by atoms with Crippen LogP contribution >= 0.6 is 0 Å². The van der Waals surface area contributed by atoms with Crippen molar-refractivity contribution in [1.82, 2.24) is 0 Å². The van der Waals surface area contributed by atoms with Gasteiger partial charge in [-0.25, -0.2) is 9.36 Å². The fourth-order valence-electron chi connectivity index (χ4n) is 4.69. The van der Waals surface area contributed by atoms with Crippen LogP contribution in [0.3, 0.4) is 0 Å². The van der Waals surface area contributed by atoms with E-state index in [1.54, 1.807) is 12.1 Å². The molecule has 1 aliphatic carbocycles. The lowest BCUT2D eigenvalue weighted by molar-refractivity contribution is -0.688. The first-order valence-electron chi connectivity index (χ1n) is 12.8. The zero-order valence-corrected chi connectivity index (χ0v) is 21.9. The van der Waals surface area contributed by atoms with Gasteiger partial charge >= 0.3 is 12.3 Å². The predicted molar refractivity (Wildman–Crippen MR) is 141 cm³/mol. The first-order chi connectivity index (χ1) is 20.0. The quantitative estimate of drug-likeness (QED) is 0.153. The lowest BCUT2D eigenvalue weighted by Crippen LogP contribution is -2.33. The molecule has 4 aromatic rings. The van der Waals surface area contributed by atoms with Crippen LogP contribution in [0.2, 0.25) is 0 Å². The third-order valence-electron chi connectivity index (χ3n) is 6.66. The second kappa shape index (κ2) is 11.4. The van der Waals surface area contributed by atoms with Crippen LogP contribution in [0, 0.1) is 0 Å². The standard InChI is InChI=1S/C31H22F3NO7/c32-31(33,34)42-21-8-6-19(7-9-21)17-35-12-10-18(11-13-35)3-2-14-41-30(40)20-15-23-27(25(37)16-20)29(39)26-22(28(23)38)4-1-5-24(26)36/h1,4-13,15-16H,2-3,14,17H2,(H-,36,37,39)/p+1. The van der Waals surface area contributed by atoms with Crippen LogP contribution in [0.15, 0.2) is 79.1 Å². The number of aromatic hydroxyl groups is 2. The van der Waals surface area contributed by atoms with Gasteiger partial charge in [0.05, 0.1) is 23.3 Å². The molecule has 0 atom stereocenters. The van der Waals surface area contributed by atoms with Gasteiger partial charge in [-0.3, -0.25) is 9.59 Å². The van der Waals surface area contributed by atoms with Crippen LogP contribution in [0.1, 0.15) is 59.7 Å².